The fraction of sp³-hybridized carbons (Fsp3) is 0.263. The Morgan fingerprint density at radius 2 is 1.81 bits per heavy atom. The van der Waals surface area contributed by atoms with Crippen molar-refractivity contribution < 1.29 is 22.8 Å². The molecule has 0 spiro atoms. The molecule has 4 nitrogen and oxygen atoms in total. The zero-order valence-electron chi connectivity index (χ0n) is 14.1. The second kappa shape index (κ2) is 7.19. The van der Waals surface area contributed by atoms with Gasteiger partial charge in [-0.25, -0.2) is 13.2 Å². The smallest absolute Gasteiger partial charge is 0.246 e. The van der Waals surface area contributed by atoms with Gasteiger partial charge in [0.15, 0.2) is 11.6 Å². The van der Waals surface area contributed by atoms with Crippen molar-refractivity contribution in [3.8, 4) is 0 Å². The van der Waals surface area contributed by atoms with E-state index in [1.165, 1.54) is 34.1 Å². The average Bonchev–Trinajstić information content (AvgIpc) is 2.62. The third-order valence-corrected chi connectivity index (χ3v) is 4.47. The second-order valence-electron chi connectivity index (χ2n) is 6.18. The van der Waals surface area contributed by atoms with Crippen LogP contribution in [0, 0.1) is 17.5 Å². The van der Waals surface area contributed by atoms with Crippen LogP contribution in [0.4, 0.5) is 18.9 Å². The summed E-state index contributed by atoms with van der Waals surface area (Å²) in [6.07, 6.45) is 0. The molecule has 0 N–H and O–H groups in total. The fourth-order valence-electron chi connectivity index (χ4n) is 2.98. The lowest BCUT2D eigenvalue weighted by Gasteiger charge is -2.35. The highest BCUT2D eigenvalue weighted by atomic mass is 19.2. The lowest BCUT2D eigenvalue weighted by molar-refractivity contribution is -0.137. The summed E-state index contributed by atoms with van der Waals surface area (Å²) in [4.78, 5) is 27.8. The monoisotopic (exact) mass is 362 g/mol. The first-order valence-corrected chi connectivity index (χ1v) is 8.16. The Morgan fingerprint density at radius 3 is 2.46 bits per heavy atom. The first-order chi connectivity index (χ1) is 12.4. The fourth-order valence-corrected chi connectivity index (χ4v) is 2.98. The molecule has 0 bridgehead atoms. The minimum absolute atomic E-state index is 0.149. The molecule has 2 aromatic carbocycles. The summed E-state index contributed by atoms with van der Waals surface area (Å²) < 4.78 is 39.8. The molecular formula is C19H17F3N2O2. The van der Waals surface area contributed by atoms with E-state index in [1.54, 1.807) is 13.0 Å². The highest BCUT2D eigenvalue weighted by Gasteiger charge is 2.31. The summed E-state index contributed by atoms with van der Waals surface area (Å²) in [6.45, 7) is 1.94. The zero-order chi connectivity index (χ0) is 18.8. The molecule has 1 aliphatic rings. The van der Waals surface area contributed by atoms with Gasteiger partial charge in [0.1, 0.15) is 12.4 Å². The number of hydrogen-bond donors (Lipinski definition) is 0. The first-order valence-electron chi connectivity index (χ1n) is 8.16. The van der Waals surface area contributed by atoms with Crippen LogP contribution in [0.3, 0.4) is 0 Å². The molecule has 0 radical (unpaired) electrons. The lowest BCUT2D eigenvalue weighted by atomic mass is 9.99. The summed E-state index contributed by atoms with van der Waals surface area (Å²) in [6, 6.07) is 9.01. The third kappa shape index (κ3) is 3.56. The van der Waals surface area contributed by atoms with Crippen molar-refractivity contribution >= 4 is 17.5 Å². The molecule has 26 heavy (non-hydrogen) atoms. The van der Waals surface area contributed by atoms with E-state index in [4.69, 9.17) is 0 Å². The topological polar surface area (TPSA) is 40.6 Å². The van der Waals surface area contributed by atoms with Gasteiger partial charge >= 0.3 is 0 Å². The number of carbonyl (C=O) groups excluding carboxylic acids is 2. The molecule has 1 saturated heterocycles. The lowest BCUT2D eigenvalue weighted by Crippen LogP contribution is -2.53. The van der Waals surface area contributed by atoms with Crippen LogP contribution in [0.15, 0.2) is 42.5 Å². The van der Waals surface area contributed by atoms with Crippen LogP contribution in [0.25, 0.3) is 0 Å². The molecule has 1 unspecified atom stereocenters. The number of anilines is 1. The average molecular weight is 362 g/mol. The van der Waals surface area contributed by atoms with Crippen LogP contribution in [0.1, 0.15) is 18.4 Å². The highest BCUT2D eigenvalue weighted by molar-refractivity contribution is 5.98. The summed E-state index contributed by atoms with van der Waals surface area (Å²) in [7, 11) is 0. The minimum atomic E-state index is -1.02. The molecule has 2 amide bonds. The molecule has 3 rings (SSSR count). The van der Waals surface area contributed by atoms with Crippen LogP contribution < -0.4 is 4.90 Å². The van der Waals surface area contributed by atoms with E-state index in [9.17, 15) is 22.8 Å². The molecule has 7 heteroatoms. The Hall–Kier alpha value is -2.83. The van der Waals surface area contributed by atoms with Crippen molar-refractivity contribution in [2.45, 2.75) is 12.8 Å². The Bertz CT molecular complexity index is 856. The zero-order valence-corrected chi connectivity index (χ0v) is 14.1. The van der Waals surface area contributed by atoms with Crippen molar-refractivity contribution in [2.24, 2.45) is 0 Å². The van der Waals surface area contributed by atoms with Crippen LogP contribution in [-0.2, 0) is 9.59 Å². The maximum Gasteiger partial charge on any atom is 0.246 e. The van der Waals surface area contributed by atoms with Crippen molar-refractivity contribution in [1.82, 2.24) is 4.90 Å². The van der Waals surface area contributed by atoms with Gasteiger partial charge in [0, 0.05) is 18.8 Å². The Morgan fingerprint density at radius 1 is 1.04 bits per heavy atom. The first kappa shape index (κ1) is 18.0. The van der Waals surface area contributed by atoms with Crippen molar-refractivity contribution in [2.75, 3.05) is 24.5 Å². The van der Waals surface area contributed by atoms with Gasteiger partial charge in [-0.3, -0.25) is 9.59 Å². The van der Waals surface area contributed by atoms with E-state index in [2.05, 4.69) is 0 Å². The molecule has 0 aromatic heterocycles. The van der Waals surface area contributed by atoms with Gasteiger partial charge in [-0.2, -0.15) is 0 Å². The highest BCUT2D eigenvalue weighted by Crippen LogP contribution is 2.23. The van der Waals surface area contributed by atoms with E-state index in [0.29, 0.717) is 11.3 Å². The van der Waals surface area contributed by atoms with E-state index < -0.39 is 23.4 Å². The van der Waals surface area contributed by atoms with Crippen LogP contribution in [0.5, 0.6) is 0 Å². The molecule has 1 atom stereocenters. The van der Waals surface area contributed by atoms with Gasteiger partial charge in [0.25, 0.3) is 0 Å². The number of piperazine rings is 1. The Labute approximate surface area is 148 Å². The van der Waals surface area contributed by atoms with E-state index in [0.717, 1.165) is 12.1 Å². The molecule has 0 aliphatic carbocycles. The largest absolute Gasteiger partial charge is 0.331 e. The van der Waals surface area contributed by atoms with Gasteiger partial charge in [-0.15, -0.1) is 0 Å². The number of nitrogens with zero attached hydrogens (tertiary/aromatic N) is 2. The normalized spacial score (nSPS) is 15.9. The molecular weight excluding hydrogens is 345 g/mol. The molecule has 2 aromatic rings. The van der Waals surface area contributed by atoms with Gasteiger partial charge in [0.05, 0.1) is 5.92 Å². The van der Waals surface area contributed by atoms with E-state index >= 15 is 0 Å². The maximum atomic E-state index is 13.4. The standard InChI is InChI=1S/C19H17F3N2O2/c1-12(13-5-6-16(21)17(22)9-13)19(26)23-7-8-24(18(25)11-23)15-4-2-3-14(20)10-15/h2-6,9-10,12H,7-8,11H2,1H3. The molecule has 1 heterocycles. The quantitative estimate of drug-likeness (QED) is 0.842. The number of amides is 2. The van der Waals surface area contributed by atoms with Gasteiger partial charge in [-0.05, 0) is 42.8 Å². The second-order valence-corrected chi connectivity index (χ2v) is 6.18. The molecule has 1 aliphatic heterocycles. The number of hydrogen-bond acceptors (Lipinski definition) is 2. The number of carbonyl (C=O) groups is 2. The summed E-state index contributed by atoms with van der Waals surface area (Å²) >= 11 is 0. The third-order valence-electron chi connectivity index (χ3n) is 4.47. The SMILES string of the molecule is CC(C(=O)N1CCN(c2cccc(F)c2)C(=O)C1)c1ccc(F)c(F)c1. The van der Waals surface area contributed by atoms with Crippen molar-refractivity contribution in [3.63, 3.8) is 0 Å². The van der Waals surface area contributed by atoms with Crippen LogP contribution in [-0.4, -0.2) is 36.3 Å². The minimum Gasteiger partial charge on any atom is -0.331 e. The predicted octanol–water partition coefficient (Wildman–Crippen LogP) is 3.08. The summed E-state index contributed by atoms with van der Waals surface area (Å²) in [5.41, 5.74) is 0.782. The summed E-state index contributed by atoms with van der Waals surface area (Å²) in [5.74, 6) is -3.82. The number of halogens is 3. The molecule has 0 saturated carbocycles. The number of rotatable bonds is 3. The van der Waals surface area contributed by atoms with Crippen LogP contribution >= 0.6 is 0 Å². The van der Waals surface area contributed by atoms with Gasteiger partial charge in [-0.1, -0.05) is 12.1 Å². The Kier molecular flexibility index (Phi) is 4.97. The Balaban J connectivity index is 1.70. The van der Waals surface area contributed by atoms with Crippen molar-refractivity contribution in [1.29, 1.82) is 0 Å². The van der Waals surface area contributed by atoms with Gasteiger partial charge < -0.3 is 9.80 Å². The van der Waals surface area contributed by atoms with E-state index in [1.807, 2.05) is 0 Å². The molecule has 136 valence electrons. The number of benzene rings is 2. The van der Waals surface area contributed by atoms with Crippen LogP contribution in [0.2, 0.25) is 0 Å². The summed E-state index contributed by atoms with van der Waals surface area (Å²) in [5, 5.41) is 0. The van der Waals surface area contributed by atoms with Gasteiger partial charge in [0.2, 0.25) is 11.8 Å². The molecule has 1 fully saturated rings. The predicted molar refractivity (Wildman–Crippen MR) is 90.1 cm³/mol. The van der Waals surface area contributed by atoms with Crippen molar-refractivity contribution in [3.05, 3.63) is 65.5 Å². The maximum absolute atomic E-state index is 13.4. The van der Waals surface area contributed by atoms with E-state index in [-0.39, 0.29) is 31.4 Å².